The van der Waals surface area contributed by atoms with E-state index in [2.05, 4.69) is 24.4 Å². The zero-order chi connectivity index (χ0) is 14.4. The Morgan fingerprint density at radius 3 is 2.10 bits per heavy atom. The molecule has 0 aliphatic heterocycles. The van der Waals surface area contributed by atoms with Gasteiger partial charge < -0.3 is 5.32 Å². The van der Waals surface area contributed by atoms with Crippen molar-refractivity contribution in [1.82, 2.24) is 5.32 Å². The van der Waals surface area contributed by atoms with E-state index in [-0.39, 0.29) is 17.9 Å². The first kappa shape index (κ1) is 14.5. The number of ketones is 1. The summed E-state index contributed by atoms with van der Waals surface area (Å²) in [5.74, 6) is 0.144. The minimum Gasteiger partial charge on any atom is -0.305 e. The van der Waals surface area contributed by atoms with Gasteiger partial charge in [-0.1, -0.05) is 60.7 Å². The molecule has 0 heterocycles. The lowest BCUT2D eigenvalue weighted by Gasteiger charge is -2.19. The van der Waals surface area contributed by atoms with E-state index >= 15 is 0 Å². The van der Waals surface area contributed by atoms with Crippen molar-refractivity contribution in [2.75, 3.05) is 0 Å². The van der Waals surface area contributed by atoms with Gasteiger partial charge in [0.25, 0.3) is 0 Å². The van der Waals surface area contributed by atoms with E-state index in [0.29, 0.717) is 0 Å². The van der Waals surface area contributed by atoms with Crippen LogP contribution in [0.4, 0.5) is 0 Å². The molecule has 1 N–H and O–H groups in total. The monoisotopic (exact) mass is 267 g/mol. The minimum absolute atomic E-state index is 0.144. The fourth-order valence-electron chi connectivity index (χ4n) is 2.38. The van der Waals surface area contributed by atoms with Crippen LogP contribution in [0.3, 0.4) is 0 Å². The number of carbonyl (C=O) groups is 1. The maximum absolute atomic E-state index is 12.3. The highest BCUT2D eigenvalue weighted by Crippen LogP contribution is 2.07. The number of rotatable bonds is 6. The van der Waals surface area contributed by atoms with Crippen molar-refractivity contribution in [2.45, 2.75) is 32.4 Å². The summed E-state index contributed by atoms with van der Waals surface area (Å²) in [6.07, 6.45) is 0.924. The molecule has 2 heteroatoms. The average Bonchev–Trinajstić information content (AvgIpc) is 2.48. The van der Waals surface area contributed by atoms with Crippen molar-refractivity contribution in [3.05, 3.63) is 71.8 Å². The summed E-state index contributed by atoms with van der Waals surface area (Å²) in [5, 5.41) is 3.38. The highest BCUT2D eigenvalue weighted by Gasteiger charge is 2.16. The molecule has 2 nitrogen and oxygen atoms in total. The smallest absolute Gasteiger partial charge is 0.179 e. The Morgan fingerprint density at radius 1 is 0.950 bits per heavy atom. The van der Waals surface area contributed by atoms with E-state index < -0.39 is 0 Å². The number of hydrogen-bond donors (Lipinski definition) is 1. The summed E-state index contributed by atoms with van der Waals surface area (Å²) in [6.45, 7) is 4.04. The standard InChI is InChI=1S/C18H21NO/c1-14(13-16-9-5-3-6-10-16)19-15(2)18(20)17-11-7-4-8-12-17/h3-12,14-15,19H,13H2,1-2H3. The molecule has 0 fully saturated rings. The van der Waals surface area contributed by atoms with Crippen LogP contribution in [0, 0.1) is 0 Å². The van der Waals surface area contributed by atoms with Gasteiger partial charge in [-0.05, 0) is 25.8 Å². The van der Waals surface area contributed by atoms with Crippen LogP contribution in [-0.2, 0) is 6.42 Å². The van der Waals surface area contributed by atoms with Crippen molar-refractivity contribution in [3.8, 4) is 0 Å². The Labute approximate surface area is 120 Å². The number of carbonyl (C=O) groups excluding carboxylic acids is 1. The Morgan fingerprint density at radius 2 is 1.50 bits per heavy atom. The molecule has 0 aliphatic rings. The van der Waals surface area contributed by atoms with Crippen LogP contribution in [0.1, 0.15) is 29.8 Å². The summed E-state index contributed by atoms with van der Waals surface area (Å²) >= 11 is 0. The fourth-order valence-corrected chi connectivity index (χ4v) is 2.38. The zero-order valence-electron chi connectivity index (χ0n) is 12.0. The highest BCUT2D eigenvalue weighted by molar-refractivity contribution is 5.99. The molecule has 0 bridgehead atoms. The molecule has 0 saturated carbocycles. The molecule has 0 aliphatic carbocycles. The molecular formula is C18H21NO. The van der Waals surface area contributed by atoms with Crippen LogP contribution in [0.25, 0.3) is 0 Å². The van der Waals surface area contributed by atoms with Crippen molar-refractivity contribution < 1.29 is 4.79 Å². The number of nitrogens with one attached hydrogen (secondary N) is 1. The van der Waals surface area contributed by atoms with Gasteiger partial charge in [0.2, 0.25) is 0 Å². The SMILES string of the molecule is CC(Cc1ccccc1)NC(C)C(=O)c1ccccc1. The topological polar surface area (TPSA) is 29.1 Å². The van der Waals surface area contributed by atoms with Gasteiger partial charge in [-0.2, -0.15) is 0 Å². The predicted octanol–water partition coefficient (Wildman–Crippen LogP) is 3.48. The maximum Gasteiger partial charge on any atom is 0.179 e. The summed E-state index contributed by atoms with van der Waals surface area (Å²) in [4.78, 5) is 12.3. The predicted molar refractivity (Wildman–Crippen MR) is 83.0 cm³/mol. The Hall–Kier alpha value is -1.93. The lowest BCUT2D eigenvalue weighted by molar-refractivity contribution is 0.0945. The second kappa shape index (κ2) is 7.01. The van der Waals surface area contributed by atoms with Crippen LogP contribution in [0.2, 0.25) is 0 Å². The molecule has 0 amide bonds. The molecule has 2 aromatic rings. The first-order valence-electron chi connectivity index (χ1n) is 7.06. The zero-order valence-corrected chi connectivity index (χ0v) is 12.0. The van der Waals surface area contributed by atoms with Crippen LogP contribution >= 0.6 is 0 Å². The third-order valence-corrected chi connectivity index (χ3v) is 3.37. The normalized spacial score (nSPS) is 13.7. The molecule has 2 atom stereocenters. The summed E-state index contributed by atoms with van der Waals surface area (Å²) in [5.41, 5.74) is 2.05. The third-order valence-electron chi connectivity index (χ3n) is 3.37. The quantitative estimate of drug-likeness (QED) is 0.812. The van der Waals surface area contributed by atoms with Gasteiger partial charge in [-0.3, -0.25) is 4.79 Å². The van der Waals surface area contributed by atoms with Gasteiger partial charge >= 0.3 is 0 Å². The Balaban J connectivity index is 1.91. The molecule has 0 radical (unpaired) electrons. The number of benzene rings is 2. The van der Waals surface area contributed by atoms with Crippen molar-refractivity contribution in [1.29, 1.82) is 0 Å². The second-order valence-electron chi connectivity index (χ2n) is 5.21. The van der Waals surface area contributed by atoms with Crippen molar-refractivity contribution in [2.24, 2.45) is 0 Å². The first-order chi connectivity index (χ1) is 9.66. The summed E-state index contributed by atoms with van der Waals surface area (Å²) in [7, 11) is 0. The molecule has 0 spiro atoms. The van der Waals surface area contributed by atoms with Crippen molar-refractivity contribution in [3.63, 3.8) is 0 Å². The van der Waals surface area contributed by atoms with E-state index in [9.17, 15) is 4.79 Å². The van der Waals surface area contributed by atoms with E-state index in [1.807, 2.05) is 55.5 Å². The van der Waals surface area contributed by atoms with Gasteiger partial charge in [0.15, 0.2) is 5.78 Å². The molecule has 2 aromatic carbocycles. The Bertz CT molecular complexity index is 536. The molecule has 2 rings (SSSR count). The van der Waals surface area contributed by atoms with Gasteiger partial charge in [0, 0.05) is 11.6 Å². The van der Waals surface area contributed by atoms with Crippen LogP contribution in [0.5, 0.6) is 0 Å². The lowest BCUT2D eigenvalue weighted by atomic mass is 10.0. The minimum atomic E-state index is -0.170. The van der Waals surface area contributed by atoms with Crippen LogP contribution in [-0.4, -0.2) is 17.9 Å². The Kier molecular flexibility index (Phi) is 5.08. The molecule has 20 heavy (non-hydrogen) atoms. The third kappa shape index (κ3) is 4.04. The largest absolute Gasteiger partial charge is 0.305 e. The second-order valence-corrected chi connectivity index (χ2v) is 5.21. The van der Waals surface area contributed by atoms with Crippen LogP contribution in [0.15, 0.2) is 60.7 Å². The first-order valence-corrected chi connectivity index (χ1v) is 7.06. The molecule has 0 aromatic heterocycles. The van der Waals surface area contributed by atoms with Gasteiger partial charge in [-0.25, -0.2) is 0 Å². The summed E-state index contributed by atoms with van der Waals surface area (Å²) in [6, 6.07) is 19.9. The molecular weight excluding hydrogens is 246 g/mol. The maximum atomic E-state index is 12.3. The molecule has 104 valence electrons. The van der Waals surface area contributed by atoms with Gasteiger partial charge in [0.05, 0.1) is 6.04 Å². The summed E-state index contributed by atoms with van der Waals surface area (Å²) < 4.78 is 0. The number of hydrogen-bond acceptors (Lipinski definition) is 2. The molecule has 0 saturated heterocycles. The van der Waals surface area contributed by atoms with Crippen LogP contribution < -0.4 is 5.32 Å². The van der Waals surface area contributed by atoms with E-state index in [1.165, 1.54) is 5.56 Å². The van der Waals surface area contributed by atoms with E-state index in [4.69, 9.17) is 0 Å². The van der Waals surface area contributed by atoms with Gasteiger partial charge in [0.1, 0.15) is 0 Å². The average molecular weight is 267 g/mol. The van der Waals surface area contributed by atoms with Crippen molar-refractivity contribution >= 4 is 5.78 Å². The highest BCUT2D eigenvalue weighted by atomic mass is 16.1. The molecule has 2 unspecified atom stereocenters. The lowest BCUT2D eigenvalue weighted by Crippen LogP contribution is -2.41. The van der Waals surface area contributed by atoms with E-state index in [1.54, 1.807) is 0 Å². The number of Topliss-reactive ketones (excluding diaryl/α,β-unsaturated/α-hetero) is 1. The van der Waals surface area contributed by atoms with E-state index in [0.717, 1.165) is 12.0 Å². The fraction of sp³-hybridized carbons (Fsp3) is 0.278. The van der Waals surface area contributed by atoms with Gasteiger partial charge in [-0.15, -0.1) is 0 Å².